The summed E-state index contributed by atoms with van der Waals surface area (Å²) in [4.78, 5) is 8.76. The minimum absolute atomic E-state index is 0.00194. The molecule has 0 unspecified atom stereocenters. The molecule has 3 saturated carbocycles. The summed E-state index contributed by atoms with van der Waals surface area (Å²) in [6.45, 7) is 0. The maximum absolute atomic E-state index is 13.6. The third-order valence-corrected chi connectivity index (χ3v) is 4.75. The van der Waals surface area contributed by atoms with Crippen molar-refractivity contribution in [3.63, 3.8) is 0 Å². The Kier molecular flexibility index (Phi) is 1.60. The summed E-state index contributed by atoms with van der Waals surface area (Å²) in [5.74, 6) is 1.01. The SMILES string of the molecule is Cn1c(C23CC(F)(C2)C3)nc2cncc(Br)c21. The van der Waals surface area contributed by atoms with Crippen LogP contribution >= 0.6 is 15.9 Å². The lowest BCUT2D eigenvalue weighted by Gasteiger charge is -2.65. The van der Waals surface area contributed by atoms with Gasteiger partial charge in [-0.25, -0.2) is 9.37 Å². The topological polar surface area (TPSA) is 30.7 Å². The molecule has 5 rings (SSSR count). The van der Waals surface area contributed by atoms with E-state index in [1.807, 2.05) is 7.05 Å². The highest BCUT2D eigenvalue weighted by Gasteiger charge is 2.71. The normalized spacial score (nSPS) is 34.5. The monoisotopic (exact) mass is 295 g/mol. The molecule has 0 aliphatic heterocycles. The van der Waals surface area contributed by atoms with E-state index in [-0.39, 0.29) is 5.41 Å². The van der Waals surface area contributed by atoms with Crippen molar-refractivity contribution in [3.05, 3.63) is 22.7 Å². The molecule has 88 valence electrons. The average Bonchev–Trinajstić information content (AvgIpc) is 2.51. The lowest BCUT2D eigenvalue weighted by molar-refractivity contribution is -0.163. The van der Waals surface area contributed by atoms with Crippen LogP contribution in [0.4, 0.5) is 4.39 Å². The molecule has 0 saturated heterocycles. The zero-order valence-corrected chi connectivity index (χ0v) is 11.0. The van der Waals surface area contributed by atoms with Crippen molar-refractivity contribution in [1.29, 1.82) is 0 Å². The first-order chi connectivity index (χ1) is 8.03. The average molecular weight is 296 g/mol. The van der Waals surface area contributed by atoms with Crippen molar-refractivity contribution >= 4 is 27.0 Å². The van der Waals surface area contributed by atoms with Gasteiger partial charge in [0.05, 0.1) is 16.2 Å². The number of imidazole rings is 1. The number of nitrogens with zero attached hydrogens (tertiary/aromatic N) is 3. The van der Waals surface area contributed by atoms with Gasteiger partial charge in [-0.15, -0.1) is 0 Å². The van der Waals surface area contributed by atoms with Gasteiger partial charge in [-0.2, -0.15) is 0 Å². The Balaban J connectivity index is 1.93. The molecular formula is C12H11BrFN3. The van der Waals surface area contributed by atoms with Crippen LogP contribution < -0.4 is 0 Å². The Morgan fingerprint density at radius 1 is 1.35 bits per heavy atom. The zero-order chi connectivity index (χ0) is 11.8. The van der Waals surface area contributed by atoms with Crippen LogP contribution in [0.25, 0.3) is 11.0 Å². The van der Waals surface area contributed by atoms with Crippen LogP contribution in [-0.4, -0.2) is 20.2 Å². The maximum Gasteiger partial charge on any atom is 0.116 e. The van der Waals surface area contributed by atoms with Crippen LogP contribution in [-0.2, 0) is 12.5 Å². The van der Waals surface area contributed by atoms with Crippen molar-refractivity contribution in [2.45, 2.75) is 30.3 Å². The van der Waals surface area contributed by atoms with Crippen molar-refractivity contribution in [2.75, 3.05) is 0 Å². The third kappa shape index (κ3) is 1.06. The highest BCUT2D eigenvalue weighted by Crippen LogP contribution is 2.69. The van der Waals surface area contributed by atoms with Crippen LogP contribution in [0, 0.1) is 0 Å². The Morgan fingerprint density at radius 3 is 2.65 bits per heavy atom. The second-order valence-electron chi connectivity index (χ2n) is 5.45. The fourth-order valence-corrected chi connectivity index (χ4v) is 4.09. The van der Waals surface area contributed by atoms with Crippen LogP contribution in [0.2, 0.25) is 0 Å². The number of fused-ring (bicyclic) bond motifs is 1. The molecule has 2 heterocycles. The number of halogens is 2. The number of aryl methyl sites for hydroxylation is 1. The van der Waals surface area contributed by atoms with Gasteiger partial charge in [-0.1, -0.05) is 0 Å². The molecule has 2 aromatic rings. The van der Waals surface area contributed by atoms with E-state index in [0.717, 1.165) is 21.3 Å². The van der Waals surface area contributed by atoms with Gasteiger partial charge in [-0.05, 0) is 35.2 Å². The van der Waals surface area contributed by atoms with Gasteiger partial charge in [0.25, 0.3) is 0 Å². The van der Waals surface area contributed by atoms with E-state index >= 15 is 0 Å². The Morgan fingerprint density at radius 2 is 2.06 bits per heavy atom. The largest absolute Gasteiger partial charge is 0.330 e. The number of rotatable bonds is 1. The smallest absolute Gasteiger partial charge is 0.116 e. The summed E-state index contributed by atoms with van der Waals surface area (Å²) in [6, 6.07) is 0. The van der Waals surface area contributed by atoms with E-state index in [1.165, 1.54) is 0 Å². The van der Waals surface area contributed by atoms with Gasteiger partial charge in [0.2, 0.25) is 0 Å². The standard InChI is InChI=1S/C12H11BrFN3/c1-17-9-7(13)2-15-3-8(9)16-10(17)11-4-12(14,5-11)6-11/h2-3H,4-6H2,1H3. The third-order valence-electron chi connectivity index (χ3n) is 4.17. The molecule has 3 aliphatic rings. The van der Waals surface area contributed by atoms with Gasteiger partial charge < -0.3 is 4.57 Å². The number of hydrogen-bond donors (Lipinski definition) is 0. The predicted molar refractivity (Wildman–Crippen MR) is 65.6 cm³/mol. The summed E-state index contributed by atoms with van der Waals surface area (Å²) in [7, 11) is 2.00. The van der Waals surface area contributed by atoms with Crippen LogP contribution in [0.1, 0.15) is 25.1 Å². The van der Waals surface area contributed by atoms with Crippen LogP contribution in [0.3, 0.4) is 0 Å². The molecule has 5 heteroatoms. The fraction of sp³-hybridized carbons (Fsp3) is 0.500. The van der Waals surface area contributed by atoms with Gasteiger partial charge in [0.15, 0.2) is 0 Å². The van der Waals surface area contributed by atoms with Gasteiger partial charge >= 0.3 is 0 Å². The van der Waals surface area contributed by atoms with E-state index in [0.29, 0.717) is 19.3 Å². The van der Waals surface area contributed by atoms with E-state index in [4.69, 9.17) is 0 Å². The Labute approximate surface area is 106 Å². The molecule has 0 radical (unpaired) electrons. The zero-order valence-electron chi connectivity index (χ0n) is 9.37. The summed E-state index contributed by atoms with van der Waals surface area (Å²) in [5, 5.41) is 0. The molecule has 0 N–H and O–H groups in total. The minimum atomic E-state index is -0.881. The quantitative estimate of drug-likeness (QED) is 0.810. The van der Waals surface area contributed by atoms with E-state index in [9.17, 15) is 4.39 Å². The van der Waals surface area contributed by atoms with E-state index in [2.05, 4.69) is 30.5 Å². The van der Waals surface area contributed by atoms with Crippen LogP contribution in [0.15, 0.2) is 16.9 Å². The molecule has 2 aromatic heterocycles. The first kappa shape index (κ1) is 10.00. The molecule has 2 bridgehead atoms. The highest BCUT2D eigenvalue weighted by atomic mass is 79.9. The molecular weight excluding hydrogens is 285 g/mol. The number of hydrogen-bond acceptors (Lipinski definition) is 2. The summed E-state index contributed by atoms with van der Waals surface area (Å²) >= 11 is 3.49. The Bertz CT molecular complexity index is 629. The van der Waals surface area contributed by atoms with Crippen molar-refractivity contribution in [3.8, 4) is 0 Å². The lowest BCUT2D eigenvalue weighted by atomic mass is 9.42. The van der Waals surface area contributed by atoms with Crippen molar-refractivity contribution in [1.82, 2.24) is 14.5 Å². The maximum atomic E-state index is 13.6. The highest BCUT2D eigenvalue weighted by molar-refractivity contribution is 9.10. The van der Waals surface area contributed by atoms with Crippen LogP contribution in [0.5, 0.6) is 0 Å². The molecule has 0 atom stereocenters. The van der Waals surface area contributed by atoms with Gasteiger partial charge in [0.1, 0.15) is 17.0 Å². The van der Waals surface area contributed by atoms with E-state index in [1.54, 1.807) is 12.4 Å². The summed E-state index contributed by atoms with van der Waals surface area (Å²) < 4.78 is 16.6. The molecule has 0 amide bonds. The summed E-state index contributed by atoms with van der Waals surface area (Å²) in [6.07, 6.45) is 5.46. The second kappa shape index (κ2) is 2.71. The molecule has 0 spiro atoms. The van der Waals surface area contributed by atoms with Crippen molar-refractivity contribution in [2.24, 2.45) is 7.05 Å². The number of pyridine rings is 1. The first-order valence-corrected chi connectivity index (χ1v) is 6.48. The molecule has 0 aromatic carbocycles. The molecule has 17 heavy (non-hydrogen) atoms. The van der Waals surface area contributed by atoms with Crippen molar-refractivity contribution < 1.29 is 4.39 Å². The molecule has 3 aliphatic carbocycles. The second-order valence-corrected chi connectivity index (χ2v) is 6.30. The summed E-state index contributed by atoms with van der Waals surface area (Å²) in [5.41, 5.74) is 1.05. The first-order valence-electron chi connectivity index (χ1n) is 5.68. The predicted octanol–water partition coefficient (Wildman–Crippen LogP) is 2.87. The number of aromatic nitrogens is 3. The van der Waals surface area contributed by atoms with Gasteiger partial charge in [-0.3, -0.25) is 4.98 Å². The Hall–Kier alpha value is -0.970. The minimum Gasteiger partial charge on any atom is -0.330 e. The van der Waals surface area contributed by atoms with Gasteiger partial charge in [0, 0.05) is 18.7 Å². The van der Waals surface area contributed by atoms with E-state index < -0.39 is 5.67 Å². The number of alkyl halides is 1. The molecule has 3 nitrogen and oxygen atoms in total. The fourth-order valence-electron chi connectivity index (χ4n) is 3.50. The lowest BCUT2D eigenvalue weighted by Crippen LogP contribution is -2.67. The molecule has 3 fully saturated rings.